The summed E-state index contributed by atoms with van der Waals surface area (Å²) in [6, 6.07) is 0. The van der Waals surface area contributed by atoms with E-state index in [-0.39, 0.29) is 12.8 Å². The van der Waals surface area contributed by atoms with Crippen LogP contribution in [0.5, 0.6) is 0 Å². The van der Waals surface area contributed by atoms with Crippen LogP contribution >= 0.6 is 0 Å². The van der Waals surface area contributed by atoms with Crippen molar-refractivity contribution in [2.24, 2.45) is 0 Å². The number of aliphatic hydroxyl groups is 5. The van der Waals surface area contributed by atoms with Crippen molar-refractivity contribution in [2.75, 3.05) is 6.61 Å². The molecule has 0 aromatic carbocycles. The number of hydrogen-bond acceptors (Lipinski definition) is 5. The zero-order valence-electron chi connectivity index (χ0n) is 17.5. The Bertz CT molecular complexity index is 354. The second-order valence-corrected chi connectivity index (χ2v) is 7.93. The van der Waals surface area contributed by atoms with E-state index in [4.69, 9.17) is 0 Å². The molecule has 0 fully saturated rings. The first-order chi connectivity index (χ1) is 12.2. The zero-order valence-corrected chi connectivity index (χ0v) is 17.5. The summed E-state index contributed by atoms with van der Waals surface area (Å²) in [5.74, 6) is 0. The highest BCUT2D eigenvalue weighted by Gasteiger charge is 2.62. The Labute approximate surface area is 160 Å². The van der Waals surface area contributed by atoms with Gasteiger partial charge in [-0.05, 0) is 25.7 Å². The van der Waals surface area contributed by atoms with Crippen molar-refractivity contribution in [3.05, 3.63) is 0 Å². The average molecular weight is 377 g/mol. The van der Waals surface area contributed by atoms with Crippen LogP contribution in [0.2, 0.25) is 0 Å². The highest BCUT2D eigenvalue weighted by atomic mass is 16.4. The van der Waals surface area contributed by atoms with Crippen molar-refractivity contribution >= 4 is 0 Å². The molecule has 5 nitrogen and oxygen atoms in total. The predicted molar refractivity (Wildman–Crippen MR) is 106 cm³/mol. The van der Waals surface area contributed by atoms with Gasteiger partial charge in [0.05, 0.1) is 12.2 Å². The molecular formula is C21H44O5. The molecule has 0 spiro atoms. The van der Waals surface area contributed by atoms with Gasteiger partial charge in [-0.1, -0.05) is 79.1 Å². The maximum Gasteiger partial charge on any atom is 0.124 e. The minimum absolute atomic E-state index is 0.145. The van der Waals surface area contributed by atoms with Gasteiger partial charge >= 0.3 is 0 Å². The molecule has 0 aromatic heterocycles. The van der Waals surface area contributed by atoms with Crippen molar-refractivity contribution in [2.45, 2.75) is 128 Å². The Kier molecular flexibility index (Phi) is 12.2. The molecule has 3 atom stereocenters. The Morgan fingerprint density at radius 1 is 0.654 bits per heavy atom. The Hall–Kier alpha value is -0.200. The topological polar surface area (TPSA) is 101 Å². The Morgan fingerprint density at radius 2 is 1.04 bits per heavy atom. The van der Waals surface area contributed by atoms with E-state index >= 15 is 0 Å². The molecule has 0 aliphatic rings. The lowest BCUT2D eigenvalue weighted by molar-refractivity contribution is -0.287. The summed E-state index contributed by atoms with van der Waals surface area (Å²) >= 11 is 0. The quantitative estimate of drug-likeness (QED) is 0.284. The third-order valence-electron chi connectivity index (χ3n) is 5.90. The molecule has 26 heavy (non-hydrogen) atoms. The fourth-order valence-corrected chi connectivity index (χ4v) is 4.01. The minimum Gasteiger partial charge on any atom is -0.394 e. The predicted octanol–water partition coefficient (Wildman–Crippen LogP) is 3.29. The molecule has 5 heteroatoms. The molecule has 0 aliphatic carbocycles. The van der Waals surface area contributed by atoms with E-state index in [1.54, 1.807) is 0 Å². The van der Waals surface area contributed by atoms with Crippen LogP contribution in [0.3, 0.4) is 0 Å². The molecule has 5 N–H and O–H groups in total. The maximum atomic E-state index is 11.8. The van der Waals surface area contributed by atoms with Gasteiger partial charge in [-0.2, -0.15) is 0 Å². The molecule has 0 saturated carbocycles. The van der Waals surface area contributed by atoms with Gasteiger partial charge in [0.15, 0.2) is 0 Å². The molecule has 0 unspecified atom stereocenters. The monoisotopic (exact) mass is 376 g/mol. The van der Waals surface area contributed by atoms with E-state index in [1.807, 2.05) is 27.7 Å². The number of rotatable bonds is 16. The molecule has 0 rings (SSSR count). The smallest absolute Gasteiger partial charge is 0.124 e. The van der Waals surface area contributed by atoms with Crippen LogP contribution in [0.15, 0.2) is 0 Å². The summed E-state index contributed by atoms with van der Waals surface area (Å²) in [5.41, 5.74) is -5.30. The summed E-state index contributed by atoms with van der Waals surface area (Å²) in [5, 5.41) is 54.9. The largest absolute Gasteiger partial charge is 0.394 e. The van der Waals surface area contributed by atoms with Crippen LogP contribution in [-0.4, -0.2) is 55.0 Å². The normalized spacial score (nSPS) is 18.3. The highest BCUT2D eigenvalue weighted by molar-refractivity contribution is 5.14. The Balaban J connectivity index is 6.16. The van der Waals surface area contributed by atoms with Crippen molar-refractivity contribution < 1.29 is 25.5 Å². The summed E-state index contributed by atoms with van der Waals surface area (Å²) in [6.07, 6.45) is 5.60. The van der Waals surface area contributed by atoms with Crippen LogP contribution in [0.25, 0.3) is 0 Å². The van der Waals surface area contributed by atoms with Crippen LogP contribution in [0, 0.1) is 0 Å². The summed E-state index contributed by atoms with van der Waals surface area (Å²) in [6.45, 7) is 7.36. The van der Waals surface area contributed by atoms with Crippen LogP contribution in [0.1, 0.15) is 105 Å². The molecular weight excluding hydrogens is 332 g/mol. The number of hydrogen-bond donors (Lipinski definition) is 5. The fraction of sp³-hybridized carbons (Fsp3) is 1.00. The van der Waals surface area contributed by atoms with Gasteiger partial charge in [0.25, 0.3) is 0 Å². The summed E-state index contributed by atoms with van der Waals surface area (Å²) < 4.78 is 0. The van der Waals surface area contributed by atoms with Gasteiger partial charge in [0.2, 0.25) is 0 Å². The molecule has 0 saturated heterocycles. The lowest BCUT2D eigenvalue weighted by Crippen LogP contribution is -2.72. The second kappa shape index (κ2) is 12.3. The van der Waals surface area contributed by atoms with Gasteiger partial charge in [-0.15, -0.1) is 0 Å². The van der Waals surface area contributed by atoms with E-state index in [2.05, 4.69) is 0 Å². The van der Waals surface area contributed by atoms with Gasteiger partial charge < -0.3 is 25.5 Å². The molecule has 158 valence electrons. The van der Waals surface area contributed by atoms with Gasteiger partial charge in [-0.3, -0.25) is 0 Å². The molecule has 0 heterocycles. The van der Waals surface area contributed by atoms with Crippen LogP contribution < -0.4 is 0 Å². The first-order valence-corrected chi connectivity index (χ1v) is 10.7. The summed E-state index contributed by atoms with van der Waals surface area (Å²) in [4.78, 5) is 0. The van der Waals surface area contributed by atoms with Gasteiger partial charge in [0, 0.05) is 0 Å². The molecule has 0 amide bonds. The van der Waals surface area contributed by atoms with E-state index in [1.165, 1.54) is 0 Å². The molecule has 0 radical (unpaired) electrons. The lowest BCUT2D eigenvalue weighted by atomic mass is 9.61. The first kappa shape index (κ1) is 25.8. The average Bonchev–Trinajstić information content (AvgIpc) is 2.65. The van der Waals surface area contributed by atoms with Crippen LogP contribution in [0.4, 0.5) is 0 Å². The standard InChI is InChI=1S/C21H44O5/c1-5-9-13-19(24,14-10-6-2)21(26,16-12-8-4)20(25,15-11-7-3)18(23)17-22/h18,22-26H,5-17H2,1-4H3/t18-,20-,21+/m1/s1. The summed E-state index contributed by atoms with van der Waals surface area (Å²) in [7, 11) is 0. The Morgan fingerprint density at radius 3 is 1.42 bits per heavy atom. The minimum atomic E-state index is -1.94. The fourth-order valence-electron chi connectivity index (χ4n) is 4.01. The molecule has 0 aromatic rings. The van der Waals surface area contributed by atoms with E-state index in [9.17, 15) is 25.5 Å². The lowest BCUT2D eigenvalue weighted by Gasteiger charge is -2.54. The zero-order chi connectivity index (χ0) is 20.3. The second-order valence-electron chi connectivity index (χ2n) is 7.93. The molecule has 0 bridgehead atoms. The van der Waals surface area contributed by atoms with Gasteiger partial charge in [-0.25, -0.2) is 0 Å². The maximum absolute atomic E-state index is 11.8. The third-order valence-corrected chi connectivity index (χ3v) is 5.90. The number of unbranched alkanes of at least 4 members (excludes halogenated alkanes) is 4. The van der Waals surface area contributed by atoms with Crippen molar-refractivity contribution in [1.29, 1.82) is 0 Å². The highest BCUT2D eigenvalue weighted by Crippen LogP contribution is 2.47. The number of aliphatic hydroxyl groups excluding tert-OH is 2. The SMILES string of the molecule is CCCCC(O)(CCCC)[C@@](O)(CCCC)[C@@](O)(CCCC)[C@H](O)CO. The van der Waals surface area contributed by atoms with E-state index in [0.717, 1.165) is 38.5 Å². The van der Waals surface area contributed by atoms with Gasteiger partial charge in [0.1, 0.15) is 17.3 Å². The van der Waals surface area contributed by atoms with Crippen molar-refractivity contribution in [3.63, 3.8) is 0 Å². The van der Waals surface area contributed by atoms with Crippen LogP contribution in [-0.2, 0) is 0 Å². The van der Waals surface area contributed by atoms with E-state index < -0.39 is 29.5 Å². The first-order valence-electron chi connectivity index (χ1n) is 10.7. The van der Waals surface area contributed by atoms with Crippen molar-refractivity contribution in [3.8, 4) is 0 Å². The van der Waals surface area contributed by atoms with Crippen molar-refractivity contribution in [1.82, 2.24) is 0 Å². The van der Waals surface area contributed by atoms with E-state index in [0.29, 0.717) is 25.7 Å². The third kappa shape index (κ3) is 5.90. The molecule has 0 aliphatic heterocycles.